The highest BCUT2D eigenvalue weighted by Crippen LogP contribution is 2.22. The molecule has 2 rings (SSSR count). The van der Waals surface area contributed by atoms with E-state index in [0.29, 0.717) is 11.6 Å². The minimum Gasteiger partial charge on any atom is -0.352 e. The summed E-state index contributed by atoms with van der Waals surface area (Å²) in [7, 11) is -3.74. The van der Waals surface area contributed by atoms with E-state index in [9.17, 15) is 18.0 Å². The molecule has 0 fully saturated rings. The number of hydrogen-bond donors (Lipinski definition) is 1. The molecule has 0 radical (unpaired) electrons. The minimum absolute atomic E-state index is 0.0318. The molecule has 2 aromatic carbocycles. The lowest BCUT2D eigenvalue weighted by Crippen LogP contribution is -2.52. The predicted octanol–water partition coefficient (Wildman–Crippen LogP) is 3.91. The molecule has 0 spiro atoms. The average molecular weight is 488 g/mol. The van der Waals surface area contributed by atoms with Crippen molar-refractivity contribution in [1.82, 2.24) is 10.2 Å². The Morgan fingerprint density at radius 1 is 0.941 bits per heavy atom. The van der Waals surface area contributed by atoms with Crippen molar-refractivity contribution in [3.8, 4) is 0 Å². The second kappa shape index (κ2) is 12.0. The molecule has 0 unspecified atom stereocenters. The number of carbonyl (C=O) groups is 2. The lowest BCUT2D eigenvalue weighted by atomic mass is 10.0. The van der Waals surface area contributed by atoms with Crippen LogP contribution in [0.15, 0.2) is 54.6 Å². The van der Waals surface area contributed by atoms with Gasteiger partial charge in [-0.15, -0.1) is 0 Å². The quantitative estimate of drug-likeness (QED) is 0.521. The van der Waals surface area contributed by atoms with E-state index in [1.165, 1.54) is 4.90 Å². The van der Waals surface area contributed by atoms with Crippen LogP contribution in [0.4, 0.5) is 5.69 Å². The molecule has 1 N–H and O–H groups in total. The molecule has 0 aliphatic rings. The second-order valence-corrected chi connectivity index (χ2v) is 10.9. The second-order valence-electron chi connectivity index (χ2n) is 9.02. The summed E-state index contributed by atoms with van der Waals surface area (Å²) in [6.45, 7) is 9.45. The van der Waals surface area contributed by atoms with Gasteiger partial charge >= 0.3 is 0 Å². The van der Waals surface area contributed by atoms with Crippen molar-refractivity contribution in [3.05, 3.63) is 65.7 Å². The highest BCUT2D eigenvalue weighted by Gasteiger charge is 2.30. The molecule has 0 bridgehead atoms. The first-order valence-corrected chi connectivity index (χ1v) is 13.5. The zero-order valence-electron chi connectivity index (χ0n) is 21.0. The first kappa shape index (κ1) is 27.4. The van der Waals surface area contributed by atoms with Crippen LogP contribution in [-0.4, -0.2) is 50.0 Å². The summed E-state index contributed by atoms with van der Waals surface area (Å²) < 4.78 is 26.4. The number of sulfonamides is 1. The van der Waals surface area contributed by atoms with Crippen LogP contribution in [0.2, 0.25) is 0 Å². The third kappa shape index (κ3) is 7.58. The number of nitrogens with one attached hydrogen (secondary N) is 1. The van der Waals surface area contributed by atoms with Crippen molar-refractivity contribution in [2.24, 2.45) is 0 Å². The van der Waals surface area contributed by atoms with E-state index in [0.717, 1.165) is 28.1 Å². The van der Waals surface area contributed by atoms with Crippen LogP contribution in [0.1, 0.15) is 58.1 Å². The zero-order valence-corrected chi connectivity index (χ0v) is 21.8. The molecule has 8 heteroatoms. The Hall–Kier alpha value is -2.87. The topological polar surface area (TPSA) is 86.8 Å². The third-order valence-corrected chi connectivity index (χ3v) is 7.03. The molecular weight excluding hydrogens is 450 g/mol. The smallest absolute Gasteiger partial charge is 0.244 e. The molecule has 186 valence electrons. The molecule has 34 heavy (non-hydrogen) atoms. The molecule has 0 aliphatic heterocycles. The molecule has 0 aromatic heterocycles. The van der Waals surface area contributed by atoms with Crippen molar-refractivity contribution in [1.29, 1.82) is 0 Å². The summed E-state index contributed by atoms with van der Waals surface area (Å²) in [5.41, 5.74) is 2.34. The maximum Gasteiger partial charge on any atom is 0.244 e. The molecule has 2 aromatic rings. The number of nitrogens with zero attached hydrogens (tertiary/aromatic N) is 2. The molecule has 7 nitrogen and oxygen atoms in total. The van der Waals surface area contributed by atoms with Crippen LogP contribution in [-0.2, 0) is 26.2 Å². The van der Waals surface area contributed by atoms with Crippen molar-refractivity contribution in [3.63, 3.8) is 0 Å². The van der Waals surface area contributed by atoms with Gasteiger partial charge in [-0.25, -0.2) is 8.42 Å². The maximum atomic E-state index is 13.5. The van der Waals surface area contributed by atoms with Crippen LogP contribution >= 0.6 is 0 Å². The molecule has 0 heterocycles. The fourth-order valence-corrected chi connectivity index (χ4v) is 4.32. The van der Waals surface area contributed by atoms with Gasteiger partial charge in [0.15, 0.2) is 0 Å². The first-order chi connectivity index (χ1) is 15.9. The van der Waals surface area contributed by atoms with Crippen LogP contribution in [0.25, 0.3) is 0 Å². The Morgan fingerprint density at radius 2 is 1.53 bits per heavy atom. The Bertz CT molecular complexity index is 1050. The van der Waals surface area contributed by atoms with Gasteiger partial charge in [-0.05, 0) is 49.4 Å². The molecule has 0 saturated carbocycles. The van der Waals surface area contributed by atoms with E-state index in [1.807, 2.05) is 56.3 Å². The summed E-state index contributed by atoms with van der Waals surface area (Å²) in [4.78, 5) is 27.8. The normalized spacial score (nSPS) is 13.3. The van der Waals surface area contributed by atoms with Crippen LogP contribution in [0, 0.1) is 0 Å². The standard InChI is InChI=1S/C26H37N3O4S/c1-7-20(4)27-26(31)21(5)28(17-22-11-9-8-10-12-22)25(30)18-29(34(6,32)33)24-15-13-23(14-16-24)19(2)3/h8-16,19-21H,7,17-18H2,1-6H3,(H,27,31)/t20-,21+/m1/s1. The SMILES string of the molecule is CC[C@@H](C)NC(=O)[C@H](C)N(Cc1ccccc1)C(=O)CN(c1ccc(C(C)C)cc1)S(C)(=O)=O. The van der Waals surface area contributed by atoms with Gasteiger partial charge in [-0.2, -0.15) is 0 Å². The summed E-state index contributed by atoms with van der Waals surface area (Å²) in [6.07, 6.45) is 1.84. The lowest BCUT2D eigenvalue weighted by Gasteiger charge is -2.32. The number of hydrogen-bond acceptors (Lipinski definition) is 4. The van der Waals surface area contributed by atoms with Crippen molar-refractivity contribution in [2.45, 2.75) is 65.6 Å². The van der Waals surface area contributed by atoms with Gasteiger partial charge in [-0.3, -0.25) is 13.9 Å². The number of benzene rings is 2. The highest BCUT2D eigenvalue weighted by molar-refractivity contribution is 7.92. The third-order valence-electron chi connectivity index (χ3n) is 5.89. The zero-order chi connectivity index (χ0) is 25.5. The van der Waals surface area contributed by atoms with E-state index in [1.54, 1.807) is 19.1 Å². The van der Waals surface area contributed by atoms with Crippen molar-refractivity contribution >= 4 is 27.5 Å². The molecule has 2 atom stereocenters. The van der Waals surface area contributed by atoms with Gasteiger partial charge in [0, 0.05) is 12.6 Å². The lowest BCUT2D eigenvalue weighted by molar-refractivity contribution is -0.139. The van der Waals surface area contributed by atoms with Gasteiger partial charge < -0.3 is 10.2 Å². The summed E-state index contributed by atoms with van der Waals surface area (Å²) in [5, 5.41) is 2.92. The Labute approximate surface area is 204 Å². The van der Waals surface area contributed by atoms with Crippen LogP contribution in [0.3, 0.4) is 0 Å². The van der Waals surface area contributed by atoms with Crippen molar-refractivity contribution < 1.29 is 18.0 Å². The molecule has 0 aliphatic carbocycles. The van der Waals surface area contributed by atoms with Crippen LogP contribution in [0.5, 0.6) is 0 Å². The average Bonchev–Trinajstić information content (AvgIpc) is 2.80. The van der Waals surface area contributed by atoms with Gasteiger partial charge in [0.2, 0.25) is 21.8 Å². The fraction of sp³-hybridized carbons (Fsp3) is 0.462. The summed E-state index contributed by atoms with van der Waals surface area (Å²) >= 11 is 0. The van der Waals surface area contributed by atoms with E-state index in [2.05, 4.69) is 19.2 Å². The molecular formula is C26H37N3O4S. The number of carbonyl (C=O) groups excluding carboxylic acids is 2. The predicted molar refractivity (Wildman–Crippen MR) is 137 cm³/mol. The van der Waals surface area contributed by atoms with Gasteiger partial charge in [0.1, 0.15) is 12.6 Å². The van der Waals surface area contributed by atoms with E-state index < -0.39 is 28.5 Å². The number of anilines is 1. The molecule has 2 amide bonds. The van der Waals surface area contributed by atoms with Gasteiger partial charge in [-0.1, -0.05) is 63.2 Å². The largest absolute Gasteiger partial charge is 0.352 e. The Kier molecular flexibility index (Phi) is 9.67. The number of amides is 2. The summed E-state index contributed by atoms with van der Waals surface area (Å²) in [5.74, 6) is -0.423. The fourth-order valence-electron chi connectivity index (χ4n) is 3.47. The monoisotopic (exact) mass is 487 g/mol. The first-order valence-electron chi connectivity index (χ1n) is 11.7. The Balaban J connectivity index is 2.35. The maximum absolute atomic E-state index is 13.5. The van der Waals surface area contributed by atoms with Crippen molar-refractivity contribution in [2.75, 3.05) is 17.1 Å². The summed E-state index contributed by atoms with van der Waals surface area (Å²) in [6, 6.07) is 15.7. The molecule has 0 saturated heterocycles. The number of rotatable bonds is 11. The van der Waals surface area contributed by atoms with Gasteiger partial charge in [0.25, 0.3) is 0 Å². The van der Waals surface area contributed by atoms with Gasteiger partial charge in [0.05, 0.1) is 11.9 Å². The van der Waals surface area contributed by atoms with Crippen LogP contribution < -0.4 is 9.62 Å². The van der Waals surface area contributed by atoms with E-state index in [-0.39, 0.29) is 18.5 Å². The van der Waals surface area contributed by atoms with E-state index >= 15 is 0 Å². The van der Waals surface area contributed by atoms with E-state index in [4.69, 9.17) is 0 Å². The Morgan fingerprint density at radius 3 is 2.03 bits per heavy atom. The minimum atomic E-state index is -3.74. The highest BCUT2D eigenvalue weighted by atomic mass is 32.2.